The van der Waals surface area contributed by atoms with Crippen LogP contribution in [0.25, 0.3) is 0 Å². The molecule has 0 saturated carbocycles. The predicted octanol–water partition coefficient (Wildman–Crippen LogP) is 3.62. The zero-order valence-corrected chi connectivity index (χ0v) is 15.0. The molecule has 0 aliphatic heterocycles. The number of carbonyl (C=O) groups is 1. The van der Waals surface area contributed by atoms with Gasteiger partial charge in [-0.1, -0.05) is 84.0 Å². The number of rotatable bonds is 18. The minimum atomic E-state index is -0.903. The lowest BCUT2D eigenvalue weighted by molar-refractivity contribution is -0.136. The molecule has 0 bridgehead atoms. The summed E-state index contributed by atoms with van der Waals surface area (Å²) >= 11 is 0. The maximum atomic E-state index is 10.4. The molecule has 1 atom stereocenters. The Kier molecular flexibility index (Phi) is 17.2. The molecule has 0 rings (SSSR count). The van der Waals surface area contributed by atoms with Crippen LogP contribution in [0.2, 0.25) is 0 Å². The largest absolute Gasteiger partial charge is 0.480 e. The van der Waals surface area contributed by atoms with Crippen molar-refractivity contribution in [2.24, 2.45) is 0 Å². The van der Waals surface area contributed by atoms with Crippen molar-refractivity contribution in [3.05, 3.63) is 0 Å². The first-order valence-corrected chi connectivity index (χ1v) is 9.51. The third-order valence-electron chi connectivity index (χ3n) is 4.17. The van der Waals surface area contributed by atoms with Crippen molar-refractivity contribution in [2.75, 3.05) is 13.2 Å². The second-order valence-corrected chi connectivity index (χ2v) is 6.45. The Morgan fingerprint density at radius 2 is 1.35 bits per heavy atom. The highest BCUT2D eigenvalue weighted by Crippen LogP contribution is 2.12. The zero-order valence-electron chi connectivity index (χ0n) is 15.0. The van der Waals surface area contributed by atoms with Gasteiger partial charge in [0.25, 0.3) is 0 Å². The third kappa shape index (κ3) is 17.5. The van der Waals surface area contributed by atoms with E-state index in [2.05, 4.69) is 17.8 Å². The van der Waals surface area contributed by atoms with Gasteiger partial charge in [-0.2, -0.15) is 0 Å². The van der Waals surface area contributed by atoms with Gasteiger partial charge in [-0.25, -0.2) is 5.43 Å². The van der Waals surface area contributed by atoms with Gasteiger partial charge in [-0.3, -0.25) is 10.2 Å². The number of carboxylic acid groups (broad SMARTS) is 1. The SMILES string of the molecule is CCCCCCCCCCCCCCC(CO)NNCC(=O)O. The van der Waals surface area contributed by atoms with Gasteiger partial charge < -0.3 is 10.2 Å². The molecule has 0 aliphatic carbocycles. The van der Waals surface area contributed by atoms with Crippen LogP contribution in [-0.2, 0) is 4.79 Å². The summed E-state index contributed by atoms with van der Waals surface area (Å²) < 4.78 is 0. The molecule has 0 saturated heterocycles. The van der Waals surface area contributed by atoms with E-state index in [1.165, 1.54) is 70.6 Å². The molecule has 0 fully saturated rings. The molecule has 0 amide bonds. The van der Waals surface area contributed by atoms with Crippen molar-refractivity contribution in [1.82, 2.24) is 10.9 Å². The molecule has 1 unspecified atom stereocenters. The van der Waals surface area contributed by atoms with Gasteiger partial charge in [0, 0.05) is 6.04 Å². The van der Waals surface area contributed by atoms with Gasteiger partial charge in [-0.15, -0.1) is 0 Å². The van der Waals surface area contributed by atoms with Crippen LogP contribution < -0.4 is 10.9 Å². The van der Waals surface area contributed by atoms with Crippen LogP contribution in [0, 0.1) is 0 Å². The second-order valence-electron chi connectivity index (χ2n) is 6.45. The van der Waals surface area contributed by atoms with Crippen LogP contribution in [0.1, 0.15) is 90.4 Å². The van der Waals surface area contributed by atoms with Gasteiger partial charge >= 0.3 is 5.97 Å². The van der Waals surface area contributed by atoms with Crippen molar-refractivity contribution in [2.45, 2.75) is 96.4 Å². The fraction of sp³-hybridized carbons (Fsp3) is 0.944. The summed E-state index contributed by atoms with van der Waals surface area (Å²) in [5.74, 6) is -0.903. The van der Waals surface area contributed by atoms with E-state index in [0.29, 0.717) is 0 Å². The Hall–Kier alpha value is -0.650. The molecule has 0 aromatic rings. The molecular formula is C18H38N2O3. The third-order valence-corrected chi connectivity index (χ3v) is 4.17. The number of hydrazine groups is 1. The van der Waals surface area contributed by atoms with Crippen LogP contribution in [0.3, 0.4) is 0 Å². The predicted molar refractivity (Wildman–Crippen MR) is 95.3 cm³/mol. The molecule has 138 valence electrons. The molecule has 23 heavy (non-hydrogen) atoms. The van der Waals surface area contributed by atoms with Crippen LogP contribution in [0.15, 0.2) is 0 Å². The lowest BCUT2D eigenvalue weighted by Gasteiger charge is -2.16. The van der Waals surface area contributed by atoms with Crippen molar-refractivity contribution in [1.29, 1.82) is 0 Å². The van der Waals surface area contributed by atoms with Crippen molar-refractivity contribution in [3.63, 3.8) is 0 Å². The topological polar surface area (TPSA) is 81.6 Å². The molecule has 0 aromatic carbocycles. The Bertz CT molecular complexity index is 263. The molecule has 0 heterocycles. The van der Waals surface area contributed by atoms with Gasteiger partial charge in [0.05, 0.1) is 6.61 Å². The van der Waals surface area contributed by atoms with E-state index in [4.69, 9.17) is 5.11 Å². The summed E-state index contributed by atoms with van der Waals surface area (Å²) in [6.07, 6.45) is 16.7. The number of aliphatic carboxylic acids is 1. The Morgan fingerprint density at radius 3 is 1.78 bits per heavy atom. The standard InChI is InChI=1S/C18H38N2O3/c1-2-3-4-5-6-7-8-9-10-11-12-13-14-17(16-21)20-19-15-18(22)23/h17,19-21H,2-16H2,1H3,(H,22,23). The lowest BCUT2D eigenvalue weighted by Crippen LogP contribution is -2.45. The number of carboxylic acids is 1. The Labute approximate surface area is 142 Å². The van der Waals surface area contributed by atoms with Crippen LogP contribution >= 0.6 is 0 Å². The first-order chi connectivity index (χ1) is 11.2. The molecule has 5 nitrogen and oxygen atoms in total. The summed E-state index contributed by atoms with van der Waals surface area (Å²) in [5.41, 5.74) is 5.48. The quantitative estimate of drug-likeness (QED) is 0.228. The number of hydrogen-bond donors (Lipinski definition) is 4. The van der Waals surface area contributed by atoms with Crippen LogP contribution in [-0.4, -0.2) is 35.4 Å². The van der Waals surface area contributed by atoms with Gasteiger partial charge in [0.1, 0.15) is 6.54 Å². The monoisotopic (exact) mass is 330 g/mol. The average molecular weight is 331 g/mol. The maximum absolute atomic E-state index is 10.4. The lowest BCUT2D eigenvalue weighted by atomic mass is 10.0. The smallest absolute Gasteiger partial charge is 0.318 e. The Morgan fingerprint density at radius 1 is 0.870 bits per heavy atom. The minimum Gasteiger partial charge on any atom is -0.480 e. The van der Waals surface area contributed by atoms with E-state index in [1.54, 1.807) is 0 Å². The molecular weight excluding hydrogens is 292 g/mol. The average Bonchev–Trinajstić information content (AvgIpc) is 2.53. The van der Waals surface area contributed by atoms with E-state index in [1.807, 2.05) is 0 Å². The summed E-state index contributed by atoms with van der Waals surface area (Å²) in [6.45, 7) is 2.16. The summed E-state index contributed by atoms with van der Waals surface area (Å²) in [5, 5.41) is 17.7. The fourth-order valence-electron chi connectivity index (χ4n) is 2.71. The second kappa shape index (κ2) is 17.7. The highest BCUT2D eigenvalue weighted by atomic mass is 16.4. The van der Waals surface area contributed by atoms with E-state index < -0.39 is 5.97 Å². The maximum Gasteiger partial charge on any atom is 0.318 e. The number of nitrogens with one attached hydrogen (secondary N) is 2. The first kappa shape index (κ1) is 22.4. The molecule has 0 aromatic heterocycles. The molecule has 4 N–H and O–H groups in total. The number of aliphatic hydroxyl groups is 1. The number of aliphatic hydroxyl groups excluding tert-OH is 1. The Balaban J connectivity index is 3.25. The molecule has 0 radical (unpaired) electrons. The highest BCUT2D eigenvalue weighted by Gasteiger charge is 2.06. The minimum absolute atomic E-state index is 0.0324. The van der Waals surface area contributed by atoms with Crippen molar-refractivity contribution in [3.8, 4) is 0 Å². The number of unbranched alkanes of at least 4 members (excludes halogenated alkanes) is 11. The van der Waals surface area contributed by atoms with Gasteiger partial charge in [0.2, 0.25) is 0 Å². The molecule has 0 spiro atoms. The summed E-state index contributed by atoms with van der Waals surface area (Å²) in [7, 11) is 0. The fourth-order valence-corrected chi connectivity index (χ4v) is 2.71. The highest BCUT2D eigenvalue weighted by molar-refractivity contribution is 5.68. The molecule has 5 heteroatoms. The van der Waals surface area contributed by atoms with Crippen LogP contribution in [0.5, 0.6) is 0 Å². The van der Waals surface area contributed by atoms with E-state index in [-0.39, 0.29) is 19.2 Å². The first-order valence-electron chi connectivity index (χ1n) is 9.51. The van der Waals surface area contributed by atoms with Gasteiger partial charge in [0.15, 0.2) is 0 Å². The van der Waals surface area contributed by atoms with Crippen molar-refractivity contribution >= 4 is 5.97 Å². The normalized spacial score (nSPS) is 12.4. The summed E-state index contributed by atoms with van der Waals surface area (Å²) in [4.78, 5) is 10.4. The molecule has 0 aliphatic rings. The van der Waals surface area contributed by atoms with Crippen molar-refractivity contribution < 1.29 is 15.0 Å². The van der Waals surface area contributed by atoms with E-state index in [9.17, 15) is 9.90 Å². The zero-order chi connectivity index (χ0) is 17.2. The van der Waals surface area contributed by atoms with E-state index in [0.717, 1.165) is 12.8 Å². The summed E-state index contributed by atoms with van der Waals surface area (Å²) in [6, 6.07) is -0.0579. The van der Waals surface area contributed by atoms with Gasteiger partial charge in [-0.05, 0) is 6.42 Å². The number of hydrogen-bond acceptors (Lipinski definition) is 4. The van der Waals surface area contributed by atoms with Crippen LogP contribution in [0.4, 0.5) is 0 Å². The van der Waals surface area contributed by atoms with E-state index >= 15 is 0 Å².